The maximum atomic E-state index is 11.8. The van der Waals surface area contributed by atoms with Crippen molar-refractivity contribution < 1.29 is 19.7 Å². The highest BCUT2D eigenvalue weighted by Gasteiger charge is 2.65. The number of carbonyl (C=O) groups is 2. The van der Waals surface area contributed by atoms with Gasteiger partial charge in [0.05, 0.1) is 13.1 Å². The largest absolute Gasteiger partial charge is 0.480 e. The molecule has 2 fully saturated rings. The van der Waals surface area contributed by atoms with E-state index in [4.69, 9.17) is 10.8 Å². The molecule has 8 heteroatoms. The summed E-state index contributed by atoms with van der Waals surface area (Å²) in [5.41, 5.74) is 3.85. The Balaban J connectivity index is 2.24. The first-order valence-corrected chi connectivity index (χ1v) is 6.93. The van der Waals surface area contributed by atoms with Crippen LogP contribution in [0.3, 0.4) is 0 Å². The molecule has 7 nitrogen and oxygen atoms in total. The summed E-state index contributed by atoms with van der Waals surface area (Å²) in [6.07, 6.45) is 2.62. The zero-order valence-corrected chi connectivity index (χ0v) is 11.5. The van der Waals surface area contributed by atoms with Crippen LogP contribution in [-0.2, 0) is 9.59 Å². The summed E-state index contributed by atoms with van der Waals surface area (Å²) in [7, 11) is 1.10. The summed E-state index contributed by atoms with van der Waals surface area (Å²) in [5.74, 6) is -1.12. The van der Waals surface area contributed by atoms with E-state index in [1.165, 1.54) is 0 Å². The lowest BCUT2D eigenvalue weighted by Crippen LogP contribution is -2.58. The Bertz CT molecular complexity index is 408. The smallest absolute Gasteiger partial charge is 0.326 e. The van der Waals surface area contributed by atoms with E-state index in [-0.39, 0.29) is 19.0 Å². The molecule has 0 bridgehead atoms. The molecular formula is C12H21BN3O4. The van der Waals surface area contributed by atoms with Crippen molar-refractivity contribution in [3.05, 3.63) is 0 Å². The molecule has 2 rings (SSSR count). The summed E-state index contributed by atoms with van der Waals surface area (Å²) in [6.45, 7) is 1.13. The van der Waals surface area contributed by atoms with Gasteiger partial charge in [-0.3, -0.25) is 14.9 Å². The first kappa shape index (κ1) is 15.3. The average Bonchev–Trinajstić information content (AvgIpc) is 2.91. The fourth-order valence-corrected chi connectivity index (χ4v) is 3.69. The Kier molecular flexibility index (Phi) is 4.36. The van der Waals surface area contributed by atoms with E-state index in [0.717, 1.165) is 13.9 Å². The Hall–Kier alpha value is -1.12. The summed E-state index contributed by atoms with van der Waals surface area (Å²) in [6, 6.07) is 0. The van der Waals surface area contributed by atoms with Crippen LogP contribution >= 0.6 is 0 Å². The molecule has 0 unspecified atom stereocenters. The first-order valence-electron chi connectivity index (χ1n) is 6.93. The molecule has 1 radical (unpaired) electrons. The molecule has 0 aromatic rings. The number of nitrogens with zero attached hydrogens (tertiary/aromatic N) is 1. The molecule has 2 aliphatic rings. The number of carboxylic acids is 1. The molecule has 2 atom stereocenters. The van der Waals surface area contributed by atoms with Crippen molar-refractivity contribution in [2.24, 2.45) is 11.1 Å². The molecule has 2 heterocycles. The van der Waals surface area contributed by atoms with E-state index in [1.807, 2.05) is 0 Å². The zero-order chi connectivity index (χ0) is 14.8. The lowest BCUT2D eigenvalue weighted by atomic mass is 9.68. The number of nitrogens with two attached hydrogens (primary N) is 1. The molecule has 0 spiro atoms. The molecule has 20 heavy (non-hydrogen) atoms. The summed E-state index contributed by atoms with van der Waals surface area (Å²) in [4.78, 5) is 25.2. The van der Waals surface area contributed by atoms with Crippen molar-refractivity contribution in [2.75, 3.05) is 26.2 Å². The van der Waals surface area contributed by atoms with Gasteiger partial charge < -0.3 is 20.8 Å². The molecular weight excluding hydrogens is 261 g/mol. The first-order chi connectivity index (χ1) is 9.51. The van der Waals surface area contributed by atoms with E-state index >= 15 is 0 Å². The van der Waals surface area contributed by atoms with Gasteiger partial charge in [0, 0.05) is 12.0 Å². The van der Waals surface area contributed by atoms with Crippen molar-refractivity contribution in [2.45, 2.75) is 31.1 Å². The molecule has 2 saturated heterocycles. The SMILES string of the molecule is NCC(=O)N1C[C@@]2(CCC[B]O)CCN[C@@]2(C(=O)O)C1. The van der Waals surface area contributed by atoms with E-state index in [1.54, 1.807) is 4.90 Å². The summed E-state index contributed by atoms with van der Waals surface area (Å²) < 4.78 is 0. The van der Waals surface area contributed by atoms with Gasteiger partial charge in [-0.2, -0.15) is 0 Å². The topological polar surface area (TPSA) is 116 Å². The predicted molar refractivity (Wildman–Crippen MR) is 73.1 cm³/mol. The highest BCUT2D eigenvalue weighted by molar-refractivity contribution is 6.25. The Morgan fingerprint density at radius 2 is 2.15 bits per heavy atom. The standard InChI is InChI=1S/C12H21BN3O4/c14-6-9(17)16-7-11(2-1-4-13-20)3-5-15-12(11,8-16)10(18)19/h15,20H,1-8,14H2,(H,18,19)/t11-,12-/m1/s1. The van der Waals surface area contributed by atoms with Crippen LogP contribution in [-0.4, -0.2) is 66.1 Å². The second kappa shape index (κ2) is 5.71. The van der Waals surface area contributed by atoms with Gasteiger partial charge >= 0.3 is 5.97 Å². The van der Waals surface area contributed by atoms with Crippen LogP contribution in [0.5, 0.6) is 0 Å². The highest BCUT2D eigenvalue weighted by atomic mass is 16.4. The number of hydrogen-bond acceptors (Lipinski definition) is 5. The molecule has 1 amide bonds. The Morgan fingerprint density at radius 1 is 1.40 bits per heavy atom. The van der Waals surface area contributed by atoms with Crippen LogP contribution in [0.4, 0.5) is 0 Å². The van der Waals surface area contributed by atoms with Crippen molar-refractivity contribution in [1.29, 1.82) is 0 Å². The molecule has 5 N–H and O–H groups in total. The summed E-state index contributed by atoms with van der Waals surface area (Å²) >= 11 is 0. The highest BCUT2D eigenvalue weighted by Crippen LogP contribution is 2.49. The number of hydrogen-bond donors (Lipinski definition) is 4. The third kappa shape index (κ3) is 2.21. The van der Waals surface area contributed by atoms with Gasteiger partial charge in [-0.15, -0.1) is 0 Å². The number of amides is 1. The lowest BCUT2D eigenvalue weighted by molar-refractivity contribution is -0.147. The van der Waals surface area contributed by atoms with Gasteiger partial charge in [-0.25, -0.2) is 0 Å². The number of carboxylic acid groups (broad SMARTS) is 1. The van der Waals surface area contributed by atoms with Crippen LogP contribution in [0.15, 0.2) is 0 Å². The zero-order valence-electron chi connectivity index (χ0n) is 11.5. The number of nitrogens with one attached hydrogen (secondary N) is 1. The Morgan fingerprint density at radius 3 is 2.75 bits per heavy atom. The third-order valence-corrected chi connectivity index (χ3v) is 4.74. The third-order valence-electron chi connectivity index (χ3n) is 4.74. The Labute approximate surface area is 118 Å². The van der Waals surface area contributed by atoms with Crippen LogP contribution in [0, 0.1) is 5.41 Å². The van der Waals surface area contributed by atoms with Gasteiger partial charge in [0.2, 0.25) is 5.91 Å². The van der Waals surface area contributed by atoms with Gasteiger partial charge in [-0.05, 0) is 19.4 Å². The second-order valence-corrected chi connectivity index (χ2v) is 5.70. The van der Waals surface area contributed by atoms with E-state index < -0.39 is 16.9 Å². The minimum atomic E-state index is -1.08. The second-order valence-electron chi connectivity index (χ2n) is 5.70. The van der Waals surface area contributed by atoms with Gasteiger partial charge in [-0.1, -0.05) is 12.7 Å². The number of rotatable bonds is 6. The molecule has 0 aliphatic carbocycles. The maximum Gasteiger partial charge on any atom is 0.326 e. The fourth-order valence-electron chi connectivity index (χ4n) is 3.69. The lowest BCUT2D eigenvalue weighted by Gasteiger charge is -2.35. The monoisotopic (exact) mass is 282 g/mol. The molecule has 0 aromatic carbocycles. The predicted octanol–water partition coefficient (Wildman–Crippen LogP) is -1.60. The molecule has 0 saturated carbocycles. The number of fused-ring (bicyclic) bond motifs is 1. The number of carbonyl (C=O) groups excluding carboxylic acids is 1. The minimum Gasteiger partial charge on any atom is -0.480 e. The van der Waals surface area contributed by atoms with Crippen molar-refractivity contribution in [3.8, 4) is 0 Å². The number of aliphatic carboxylic acids is 1. The van der Waals surface area contributed by atoms with Crippen molar-refractivity contribution in [1.82, 2.24) is 10.2 Å². The number of likely N-dealkylation sites (tertiary alicyclic amines) is 1. The van der Waals surface area contributed by atoms with Gasteiger partial charge in [0.15, 0.2) is 0 Å². The van der Waals surface area contributed by atoms with Crippen LogP contribution in [0.2, 0.25) is 6.32 Å². The summed E-state index contributed by atoms with van der Waals surface area (Å²) in [5, 5.41) is 21.6. The fraction of sp³-hybridized carbons (Fsp3) is 0.833. The molecule has 0 aromatic heterocycles. The van der Waals surface area contributed by atoms with Gasteiger partial charge in [0.25, 0.3) is 7.48 Å². The average molecular weight is 282 g/mol. The van der Waals surface area contributed by atoms with Crippen LogP contribution in [0.1, 0.15) is 19.3 Å². The van der Waals surface area contributed by atoms with Crippen LogP contribution < -0.4 is 11.1 Å². The van der Waals surface area contributed by atoms with Crippen LogP contribution in [0.25, 0.3) is 0 Å². The quantitative estimate of drug-likeness (QED) is 0.344. The molecule has 2 aliphatic heterocycles. The van der Waals surface area contributed by atoms with E-state index in [2.05, 4.69) is 5.32 Å². The van der Waals surface area contributed by atoms with Gasteiger partial charge in [0.1, 0.15) is 5.54 Å². The normalized spacial score (nSPS) is 32.2. The van der Waals surface area contributed by atoms with Crippen molar-refractivity contribution >= 4 is 19.4 Å². The van der Waals surface area contributed by atoms with E-state index in [0.29, 0.717) is 32.3 Å². The maximum absolute atomic E-state index is 11.8. The van der Waals surface area contributed by atoms with Crippen molar-refractivity contribution in [3.63, 3.8) is 0 Å². The minimum absolute atomic E-state index is 0.101. The van der Waals surface area contributed by atoms with E-state index in [9.17, 15) is 14.7 Å². The molecule has 111 valence electrons.